The molecular formula is C24H16BrNO5S. The quantitative estimate of drug-likeness (QED) is 0.393. The number of halogens is 1. The van der Waals surface area contributed by atoms with Gasteiger partial charge in [-0.25, -0.2) is 4.90 Å². The molecule has 160 valence electrons. The molecule has 0 saturated carbocycles. The largest absolute Gasteiger partial charge is 0.488 e. The van der Waals surface area contributed by atoms with E-state index >= 15 is 0 Å². The molecule has 0 atom stereocenters. The molecule has 2 aliphatic rings. The number of imide groups is 1. The molecule has 32 heavy (non-hydrogen) atoms. The second-order valence-corrected chi connectivity index (χ2v) is 8.92. The van der Waals surface area contributed by atoms with Crippen molar-refractivity contribution in [2.24, 2.45) is 0 Å². The summed E-state index contributed by atoms with van der Waals surface area (Å²) in [5.41, 5.74) is 2.16. The van der Waals surface area contributed by atoms with Crippen molar-refractivity contribution >= 4 is 50.6 Å². The number of anilines is 1. The SMILES string of the molecule is O=C1S/C(=C\c2cc(Br)ccc2OCc2ccc3c(c2)OCO3)C(=O)N1c1ccccc1. The third-order valence-corrected chi connectivity index (χ3v) is 6.26. The van der Waals surface area contributed by atoms with Crippen LogP contribution in [0.15, 0.2) is 76.1 Å². The van der Waals surface area contributed by atoms with Crippen LogP contribution in [-0.2, 0) is 11.4 Å². The number of hydrogen-bond donors (Lipinski definition) is 0. The van der Waals surface area contributed by atoms with E-state index in [1.54, 1.807) is 30.3 Å². The Morgan fingerprint density at radius 2 is 1.81 bits per heavy atom. The van der Waals surface area contributed by atoms with Gasteiger partial charge in [0.25, 0.3) is 11.1 Å². The summed E-state index contributed by atoms with van der Waals surface area (Å²) in [4.78, 5) is 27.0. The van der Waals surface area contributed by atoms with E-state index in [2.05, 4.69) is 15.9 Å². The highest BCUT2D eigenvalue weighted by Crippen LogP contribution is 2.38. The van der Waals surface area contributed by atoms with Crippen LogP contribution in [0.25, 0.3) is 6.08 Å². The van der Waals surface area contributed by atoms with Gasteiger partial charge in [0.15, 0.2) is 11.5 Å². The van der Waals surface area contributed by atoms with Gasteiger partial charge in [-0.1, -0.05) is 40.2 Å². The molecule has 8 heteroatoms. The van der Waals surface area contributed by atoms with Crippen LogP contribution in [0.2, 0.25) is 0 Å². The Labute approximate surface area is 196 Å². The topological polar surface area (TPSA) is 65.1 Å². The average Bonchev–Trinajstić information content (AvgIpc) is 3.37. The van der Waals surface area contributed by atoms with Gasteiger partial charge in [0.1, 0.15) is 12.4 Å². The highest BCUT2D eigenvalue weighted by molar-refractivity contribution is 9.10. The first-order chi connectivity index (χ1) is 15.6. The summed E-state index contributed by atoms with van der Waals surface area (Å²) in [6.07, 6.45) is 1.69. The summed E-state index contributed by atoms with van der Waals surface area (Å²) in [5, 5.41) is -0.328. The fourth-order valence-corrected chi connectivity index (χ4v) is 4.58. The number of carbonyl (C=O) groups is 2. The van der Waals surface area contributed by atoms with Gasteiger partial charge in [0, 0.05) is 10.0 Å². The Morgan fingerprint density at radius 1 is 1.00 bits per heavy atom. The molecule has 0 unspecified atom stereocenters. The summed E-state index contributed by atoms with van der Waals surface area (Å²) in [6.45, 7) is 0.527. The van der Waals surface area contributed by atoms with E-state index in [0.29, 0.717) is 40.0 Å². The molecule has 0 radical (unpaired) electrons. The predicted octanol–water partition coefficient (Wildman–Crippen LogP) is 6.00. The molecule has 1 fully saturated rings. The molecule has 0 aromatic heterocycles. The number of carbonyl (C=O) groups excluding carboxylic acids is 2. The van der Waals surface area contributed by atoms with Gasteiger partial charge in [-0.05, 0) is 65.9 Å². The summed E-state index contributed by atoms with van der Waals surface area (Å²) in [7, 11) is 0. The van der Waals surface area contributed by atoms with E-state index in [4.69, 9.17) is 14.2 Å². The molecule has 3 aromatic carbocycles. The first-order valence-corrected chi connectivity index (χ1v) is 11.3. The molecule has 0 N–H and O–H groups in total. The highest BCUT2D eigenvalue weighted by Gasteiger charge is 2.36. The minimum Gasteiger partial charge on any atom is -0.488 e. The van der Waals surface area contributed by atoms with Crippen molar-refractivity contribution in [1.29, 1.82) is 0 Å². The molecule has 6 nitrogen and oxygen atoms in total. The Hall–Kier alpha value is -3.23. The van der Waals surface area contributed by atoms with Crippen LogP contribution in [0.5, 0.6) is 17.2 Å². The fraction of sp³-hybridized carbons (Fsp3) is 0.0833. The van der Waals surface area contributed by atoms with Gasteiger partial charge < -0.3 is 14.2 Å². The summed E-state index contributed by atoms with van der Waals surface area (Å²) in [5.74, 6) is 1.65. The molecule has 3 aromatic rings. The van der Waals surface area contributed by atoms with E-state index in [1.165, 1.54) is 4.90 Å². The maximum absolute atomic E-state index is 12.9. The van der Waals surface area contributed by atoms with Crippen LogP contribution in [0, 0.1) is 0 Å². The Balaban J connectivity index is 1.39. The monoisotopic (exact) mass is 509 g/mol. The molecule has 2 heterocycles. The third kappa shape index (κ3) is 4.11. The van der Waals surface area contributed by atoms with E-state index in [-0.39, 0.29) is 17.9 Å². The van der Waals surface area contributed by atoms with Crippen LogP contribution in [-0.4, -0.2) is 17.9 Å². The van der Waals surface area contributed by atoms with E-state index < -0.39 is 0 Å². The molecule has 0 spiro atoms. The smallest absolute Gasteiger partial charge is 0.298 e. The van der Waals surface area contributed by atoms with Crippen LogP contribution >= 0.6 is 27.7 Å². The number of fused-ring (bicyclic) bond motifs is 1. The van der Waals surface area contributed by atoms with Crippen LogP contribution in [0.3, 0.4) is 0 Å². The lowest BCUT2D eigenvalue weighted by atomic mass is 10.1. The van der Waals surface area contributed by atoms with Crippen molar-refractivity contribution in [2.45, 2.75) is 6.61 Å². The number of nitrogens with zero attached hydrogens (tertiary/aromatic N) is 1. The standard InChI is InChI=1S/C24H16BrNO5S/c25-17-7-9-19(29-13-15-6-8-20-21(10-15)31-14-30-20)16(11-17)12-22-23(27)26(24(28)32-22)18-4-2-1-3-5-18/h1-12H,13-14H2/b22-12-. The lowest BCUT2D eigenvalue weighted by Crippen LogP contribution is -2.27. The van der Waals surface area contributed by atoms with Crippen molar-refractivity contribution in [3.8, 4) is 17.2 Å². The summed E-state index contributed by atoms with van der Waals surface area (Å²) >= 11 is 4.38. The second kappa shape index (κ2) is 8.72. The minimum absolute atomic E-state index is 0.217. The predicted molar refractivity (Wildman–Crippen MR) is 126 cm³/mol. The van der Waals surface area contributed by atoms with Gasteiger partial charge in [-0.3, -0.25) is 9.59 Å². The van der Waals surface area contributed by atoms with Gasteiger partial charge in [0.2, 0.25) is 6.79 Å². The van der Waals surface area contributed by atoms with Crippen LogP contribution in [0.1, 0.15) is 11.1 Å². The lowest BCUT2D eigenvalue weighted by molar-refractivity contribution is -0.113. The number of ether oxygens (including phenoxy) is 3. The molecular weight excluding hydrogens is 494 g/mol. The Morgan fingerprint density at radius 3 is 2.66 bits per heavy atom. The van der Waals surface area contributed by atoms with Crippen molar-refractivity contribution in [1.82, 2.24) is 0 Å². The summed E-state index contributed by atoms with van der Waals surface area (Å²) < 4.78 is 17.6. The minimum atomic E-state index is -0.354. The normalized spacial score (nSPS) is 16.2. The van der Waals surface area contributed by atoms with Crippen LogP contribution < -0.4 is 19.1 Å². The maximum Gasteiger partial charge on any atom is 0.298 e. The number of para-hydroxylation sites is 1. The van der Waals surface area contributed by atoms with Crippen molar-refractivity contribution in [3.05, 3.63) is 87.2 Å². The molecule has 0 aliphatic carbocycles. The number of thioether (sulfide) groups is 1. The molecule has 1 saturated heterocycles. The number of rotatable bonds is 5. The van der Waals surface area contributed by atoms with Crippen LogP contribution in [0.4, 0.5) is 10.5 Å². The maximum atomic E-state index is 12.9. The zero-order chi connectivity index (χ0) is 22.1. The molecule has 5 rings (SSSR count). The second-order valence-electron chi connectivity index (χ2n) is 7.01. The molecule has 2 amide bonds. The average molecular weight is 510 g/mol. The Bertz CT molecular complexity index is 1240. The summed E-state index contributed by atoms with van der Waals surface area (Å²) in [6, 6.07) is 20.1. The zero-order valence-electron chi connectivity index (χ0n) is 16.6. The number of benzene rings is 3. The van der Waals surface area contributed by atoms with Crippen molar-refractivity contribution in [3.63, 3.8) is 0 Å². The van der Waals surface area contributed by atoms with Gasteiger partial charge in [-0.2, -0.15) is 0 Å². The van der Waals surface area contributed by atoms with Gasteiger partial charge in [-0.15, -0.1) is 0 Å². The van der Waals surface area contributed by atoms with Gasteiger partial charge >= 0.3 is 0 Å². The van der Waals surface area contributed by atoms with E-state index in [9.17, 15) is 9.59 Å². The number of hydrogen-bond acceptors (Lipinski definition) is 6. The highest BCUT2D eigenvalue weighted by atomic mass is 79.9. The van der Waals surface area contributed by atoms with Crippen molar-refractivity contribution in [2.75, 3.05) is 11.7 Å². The number of amides is 2. The first kappa shape index (κ1) is 20.7. The zero-order valence-corrected chi connectivity index (χ0v) is 19.0. The molecule has 0 bridgehead atoms. The fourth-order valence-electron chi connectivity index (χ4n) is 3.36. The van der Waals surface area contributed by atoms with E-state index in [0.717, 1.165) is 21.8 Å². The van der Waals surface area contributed by atoms with E-state index in [1.807, 2.05) is 42.5 Å². The molecule has 2 aliphatic heterocycles. The van der Waals surface area contributed by atoms with Gasteiger partial charge in [0.05, 0.1) is 10.6 Å². The first-order valence-electron chi connectivity index (χ1n) is 9.72. The Kier molecular flexibility index (Phi) is 5.63. The van der Waals surface area contributed by atoms with Crippen molar-refractivity contribution < 1.29 is 23.8 Å². The lowest BCUT2D eigenvalue weighted by Gasteiger charge is -2.12. The third-order valence-electron chi connectivity index (χ3n) is 4.90.